The van der Waals surface area contributed by atoms with E-state index in [0.717, 1.165) is 27.8 Å². The molecular formula is C20H29N5O2S. The maximum Gasteiger partial charge on any atom is 0.414 e. The minimum Gasteiger partial charge on any atom is -0.443 e. The van der Waals surface area contributed by atoms with E-state index in [0.29, 0.717) is 13.1 Å². The van der Waals surface area contributed by atoms with Crippen LogP contribution in [0, 0.1) is 0 Å². The maximum absolute atomic E-state index is 12.4. The highest BCUT2D eigenvalue weighted by molar-refractivity contribution is 7.98. The summed E-state index contributed by atoms with van der Waals surface area (Å²) in [4.78, 5) is 22.8. The Morgan fingerprint density at radius 2 is 1.89 bits per heavy atom. The Balaban J connectivity index is 2.07. The third-order valence-electron chi connectivity index (χ3n) is 3.91. The molecule has 2 N–H and O–H groups in total. The van der Waals surface area contributed by atoms with Gasteiger partial charge in [-0.3, -0.25) is 4.90 Å². The van der Waals surface area contributed by atoms with Gasteiger partial charge in [0.15, 0.2) is 5.16 Å². The summed E-state index contributed by atoms with van der Waals surface area (Å²) >= 11 is 1.51. The third-order valence-corrected chi connectivity index (χ3v) is 4.47. The van der Waals surface area contributed by atoms with Crippen molar-refractivity contribution in [2.24, 2.45) is 0 Å². The van der Waals surface area contributed by atoms with Crippen LogP contribution in [0.15, 0.2) is 35.6 Å². The summed E-state index contributed by atoms with van der Waals surface area (Å²) in [5, 5.41) is 7.25. The smallest absolute Gasteiger partial charge is 0.414 e. The molecule has 0 atom stereocenters. The van der Waals surface area contributed by atoms with Crippen LogP contribution in [0.4, 0.5) is 16.3 Å². The Bertz CT molecular complexity index is 807. The zero-order chi connectivity index (χ0) is 20.7. The lowest BCUT2D eigenvalue weighted by molar-refractivity contribution is 0.0589. The average Bonchev–Trinajstić information content (AvgIpc) is 2.66. The van der Waals surface area contributed by atoms with E-state index in [9.17, 15) is 4.79 Å². The normalized spacial score (nSPS) is 11.2. The molecule has 0 radical (unpaired) electrons. The molecule has 0 bridgehead atoms. The van der Waals surface area contributed by atoms with E-state index >= 15 is 0 Å². The van der Waals surface area contributed by atoms with E-state index in [1.54, 1.807) is 7.05 Å². The molecule has 0 aliphatic rings. The first-order valence-corrected chi connectivity index (χ1v) is 10.3. The van der Waals surface area contributed by atoms with Gasteiger partial charge < -0.3 is 15.4 Å². The number of ether oxygens (including phenoxy) is 1. The van der Waals surface area contributed by atoms with Gasteiger partial charge >= 0.3 is 6.09 Å². The average molecular weight is 404 g/mol. The van der Waals surface area contributed by atoms with Crippen LogP contribution < -0.4 is 15.5 Å². The van der Waals surface area contributed by atoms with Gasteiger partial charge in [0.1, 0.15) is 11.4 Å². The number of carbonyl (C=O) groups is 1. The van der Waals surface area contributed by atoms with Crippen molar-refractivity contribution in [2.75, 3.05) is 30.6 Å². The fourth-order valence-electron chi connectivity index (χ4n) is 2.58. The second-order valence-corrected chi connectivity index (χ2v) is 8.03. The molecule has 1 amide bonds. The number of nitrogens with zero attached hydrogens (tertiary/aromatic N) is 3. The molecule has 2 rings (SSSR count). The van der Waals surface area contributed by atoms with Crippen molar-refractivity contribution in [2.45, 2.75) is 44.6 Å². The van der Waals surface area contributed by atoms with E-state index in [-0.39, 0.29) is 6.09 Å². The summed E-state index contributed by atoms with van der Waals surface area (Å²) in [5.41, 5.74) is 2.26. The van der Waals surface area contributed by atoms with Gasteiger partial charge in [0.05, 0.1) is 5.69 Å². The summed E-state index contributed by atoms with van der Waals surface area (Å²) in [6, 6.07) is 7.78. The van der Waals surface area contributed by atoms with Crippen molar-refractivity contribution < 1.29 is 9.53 Å². The monoisotopic (exact) mass is 403 g/mol. The highest BCUT2D eigenvalue weighted by Gasteiger charge is 2.21. The van der Waals surface area contributed by atoms with Crippen LogP contribution in [0.2, 0.25) is 0 Å². The second kappa shape index (κ2) is 9.75. The van der Waals surface area contributed by atoms with E-state index in [1.807, 2.05) is 64.5 Å². The number of hydrogen-bond donors (Lipinski definition) is 2. The summed E-state index contributed by atoms with van der Waals surface area (Å²) in [7, 11) is 3.57. The summed E-state index contributed by atoms with van der Waals surface area (Å²) in [6.07, 6.45) is 3.40. The maximum atomic E-state index is 12.4. The van der Waals surface area contributed by atoms with Crippen molar-refractivity contribution in [1.29, 1.82) is 0 Å². The molecule has 1 aromatic heterocycles. The number of hydrogen-bond acceptors (Lipinski definition) is 7. The van der Waals surface area contributed by atoms with Crippen molar-refractivity contribution in [3.8, 4) is 0 Å². The van der Waals surface area contributed by atoms with Crippen LogP contribution in [0.1, 0.15) is 31.9 Å². The molecular weight excluding hydrogens is 374 g/mol. The fraction of sp³-hybridized carbons (Fsp3) is 0.450. The van der Waals surface area contributed by atoms with E-state index in [1.165, 1.54) is 16.7 Å². The molecule has 1 aromatic carbocycles. The number of para-hydroxylation sites is 1. The number of thioether (sulfide) groups is 1. The molecule has 0 unspecified atom stereocenters. The molecule has 0 saturated carbocycles. The minimum atomic E-state index is -0.537. The predicted molar refractivity (Wildman–Crippen MR) is 115 cm³/mol. The fourth-order valence-corrected chi connectivity index (χ4v) is 2.92. The Hall–Kier alpha value is -2.32. The SMILES string of the molecule is CNc1nc(SC)ncc1CNCc1ccccc1N(C)C(=O)OC(C)(C)C. The number of benzene rings is 1. The predicted octanol–water partition coefficient (Wildman–Crippen LogP) is 3.90. The van der Waals surface area contributed by atoms with E-state index in [2.05, 4.69) is 20.6 Å². The standard InChI is InChI=1S/C20H29N5O2S/c1-20(2,3)27-19(26)25(5)16-10-8-7-9-14(16)11-22-12-15-13-23-18(28-6)24-17(15)21-4/h7-10,13,22H,11-12H2,1-6H3,(H,21,23,24). The third kappa shape index (κ3) is 6.10. The van der Waals surface area contributed by atoms with Crippen molar-refractivity contribution >= 4 is 29.4 Å². The molecule has 0 aliphatic heterocycles. The van der Waals surface area contributed by atoms with Gasteiger partial charge in [-0.15, -0.1) is 0 Å². The lowest BCUT2D eigenvalue weighted by atomic mass is 10.1. The lowest BCUT2D eigenvalue weighted by Gasteiger charge is -2.26. The summed E-state index contributed by atoms with van der Waals surface area (Å²) in [6.45, 7) is 6.77. The van der Waals surface area contributed by atoms with Crippen LogP contribution in [0.3, 0.4) is 0 Å². The number of amides is 1. The van der Waals surface area contributed by atoms with Crippen LogP contribution in [-0.2, 0) is 17.8 Å². The van der Waals surface area contributed by atoms with Crippen LogP contribution in [0.5, 0.6) is 0 Å². The number of nitrogens with one attached hydrogen (secondary N) is 2. The largest absolute Gasteiger partial charge is 0.443 e. The summed E-state index contributed by atoms with van der Waals surface area (Å²) < 4.78 is 5.47. The zero-order valence-corrected chi connectivity index (χ0v) is 18.2. The number of rotatable bonds is 7. The molecule has 8 heteroatoms. The molecule has 28 heavy (non-hydrogen) atoms. The Kier molecular flexibility index (Phi) is 7.65. The molecule has 7 nitrogen and oxygen atoms in total. The van der Waals surface area contributed by atoms with E-state index < -0.39 is 5.60 Å². The molecule has 0 spiro atoms. The summed E-state index contributed by atoms with van der Waals surface area (Å²) in [5.74, 6) is 0.811. The van der Waals surface area contributed by atoms with Gasteiger partial charge in [-0.05, 0) is 38.7 Å². The molecule has 152 valence electrons. The highest BCUT2D eigenvalue weighted by atomic mass is 32.2. The quantitative estimate of drug-likeness (QED) is 0.536. The van der Waals surface area contributed by atoms with Gasteiger partial charge in [-0.1, -0.05) is 30.0 Å². The first kappa shape index (κ1) is 22.0. The zero-order valence-electron chi connectivity index (χ0n) is 17.4. The first-order valence-electron chi connectivity index (χ1n) is 9.08. The van der Waals surface area contributed by atoms with Gasteiger partial charge in [0.2, 0.25) is 0 Å². The number of anilines is 2. The Labute approximate surface area is 171 Å². The number of aromatic nitrogens is 2. The molecule has 0 fully saturated rings. The van der Waals surface area contributed by atoms with Gasteiger partial charge in [0, 0.05) is 38.9 Å². The van der Waals surface area contributed by atoms with Crippen molar-refractivity contribution in [1.82, 2.24) is 15.3 Å². The molecule has 1 heterocycles. The van der Waals surface area contributed by atoms with Gasteiger partial charge in [-0.2, -0.15) is 0 Å². The molecule has 0 aliphatic carbocycles. The van der Waals surface area contributed by atoms with Crippen molar-refractivity contribution in [3.63, 3.8) is 0 Å². The highest BCUT2D eigenvalue weighted by Crippen LogP contribution is 2.22. The topological polar surface area (TPSA) is 79.4 Å². The van der Waals surface area contributed by atoms with Gasteiger partial charge in [-0.25, -0.2) is 14.8 Å². The van der Waals surface area contributed by atoms with Crippen LogP contribution in [-0.4, -0.2) is 42.0 Å². The van der Waals surface area contributed by atoms with Crippen LogP contribution >= 0.6 is 11.8 Å². The lowest BCUT2D eigenvalue weighted by Crippen LogP contribution is -2.34. The number of carbonyl (C=O) groups excluding carboxylic acids is 1. The van der Waals surface area contributed by atoms with Crippen molar-refractivity contribution in [3.05, 3.63) is 41.6 Å². The van der Waals surface area contributed by atoms with Crippen LogP contribution in [0.25, 0.3) is 0 Å². The minimum absolute atomic E-state index is 0.376. The Morgan fingerprint density at radius 1 is 1.21 bits per heavy atom. The molecule has 0 saturated heterocycles. The first-order chi connectivity index (χ1) is 13.2. The molecule has 2 aromatic rings. The van der Waals surface area contributed by atoms with Gasteiger partial charge in [0.25, 0.3) is 0 Å². The Morgan fingerprint density at radius 3 is 2.54 bits per heavy atom. The second-order valence-electron chi connectivity index (χ2n) is 7.25. The van der Waals surface area contributed by atoms with E-state index in [4.69, 9.17) is 4.74 Å².